The van der Waals surface area contributed by atoms with Crippen molar-refractivity contribution in [1.29, 1.82) is 0 Å². The maximum absolute atomic E-state index is 13.4. The molecular weight excluding hydrogens is 494 g/mol. The van der Waals surface area contributed by atoms with Gasteiger partial charge >= 0.3 is 5.97 Å². The maximum atomic E-state index is 13.4. The van der Waals surface area contributed by atoms with E-state index in [9.17, 15) is 19.1 Å². The molecule has 1 aromatic heterocycles. The lowest BCUT2D eigenvalue weighted by Crippen LogP contribution is -2.40. The highest BCUT2D eigenvalue weighted by molar-refractivity contribution is 5.97. The van der Waals surface area contributed by atoms with Crippen LogP contribution in [0, 0.1) is 5.82 Å². The molecule has 1 amide bonds. The van der Waals surface area contributed by atoms with Gasteiger partial charge in [0.2, 0.25) is 0 Å². The first-order valence-corrected chi connectivity index (χ1v) is 10.7. The number of nitrogens with zero attached hydrogens (tertiary/aromatic N) is 2. The molecule has 0 radical (unpaired) electrons. The number of aliphatic carboxylic acids is 1. The Hall–Kier alpha value is -3.20. The van der Waals surface area contributed by atoms with Crippen molar-refractivity contribution in [3.63, 3.8) is 0 Å². The number of carboxylic acid groups (broad SMARTS) is 1. The molecule has 0 spiro atoms. The largest absolute Gasteiger partial charge is 0.480 e. The fourth-order valence-corrected chi connectivity index (χ4v) is 3.42. The average Bonchev–Trinajstić information content (AvgIpc) is 3.32. The van der Waals surface area contributed by atoms with E-state index in [-0.39, 0.29) is 30.6 Å². The molecule has 10 heteroatoms. The van der Waals surface area contributed by atoms with Gasteiger partial charge in [-0.2, -0.15) is 0 Å². The molecule has 0 unspecified atom stereocenters. The number of rotatable bonds is 11. The van der Waals surface area contributed by atoms with Gasteiger partial charge in [0, 0.05) is 24.5 Å². The number of carbonyl (C=O) groups is 2. The first kappa shape index (κ1) is 29.8. The van der Waals surface area contributed by atoms with Crippen LogP contribution in [0.2, 0.25) is 0 Å². The molecule has 188 valence electrons. The lowest BCUT2D eigenvalue weighted by molar-refractivity contribution is -0.139. The minimum atomic E-state index is -1.07. The summed E-state index contributed by atoms with van der Waals surface area (Å²) in [6, 6.07) is 12.2. The number of nitrogens with one attached hydrogen (secondary N) is 1. The van der Waals surface area contributed by atoms with E-state index in [4.69, 9.17) is 5.73 Å². The predicted molar refractivity (Wildman–Crippen MR) is 139 cm³/mol. The van der Waals surface area contributed by atoms with Gasteiger partial charge in [-0.25, -0.2) is 14.2 Å². The van der Waals surface area contributed by atoms with Gasteiger partial charge in [-0.1, -0.05) is 24.3 Å². The van der Waals surface area contributed by atoms with Gasteiger partial charge in [-0.3, -0.25) is 4.79 Å². The number of unbranched alkanes of at least 4 members (excludes halogenated alkanes) is 1. The number of aromatic nitrogens is 2. The Kier molecular flexibility index (Phi) is 12.7. The molecule has 1 atom stereocenters. The number of hydrogen-bond acceptors (Lipinski definition) is 4. The first-order valence-electron chi connectivity index (χ1n) is 10.7. The van der Waals surface area contributed by atoms with Crippen molar-refractivity contribution in [2.24, 2.45) is 5.73 Å². The van der Waals surface area contributed by atoms with Crippen LogP contribution in [0.15, 0.2) is 67.3 Å². The average molecular weight is 523 g/mol. The second-order valence-corrected chi connectivity index (χ2v) is 7.69. The minimum absolute atomic E-state index is 0. The van der Waals surface area contributed by atoms with Gasteiger partial charge in [0.15, 0.2) is 0 Å². The lowest BCUT2D eigenvalue weighted by Gasteiger charge is -2.15. The Labute approximate surface area is 216 Å². The number of hydrogen-bond donors (Lipinski definition) is 3. The summed E-state index contributed by atoms with van der Waals surface area (Å²) >= 11 is 0. The van der Waals surface area contributed by atoms with Gasteiger partial charge < -0.3 is 20.7 Å². The van der Waals surface area contributed by atoms with Crippen LogP contribution in [0.1, 0.15) is 40.7 Å². The third-order valence-corrected chi connectivity index (χ3v) is 5.17. The molecule has 2 aromatic carbocycles. The fourth-order valence-electron chi connectivity index (χ4n) is 3.42. The molecule has 0 fully saturated rings. The second kappa shape index (κ2) is 14.9. The van der Waals surface area contributed by atoms with Gasteiger partial charge in [0.05, 0.1) is 6.33 Å². The zero-order valence-corrected chi connectivity index (χ0v) is 20.6. The molecule has 3 aromatic rings. The highest BCUT2D eigenvalue weighted by atomic mass is 35.5. The van der Waals surface area contributed by atoms with E-state index in [0.717, 1.165) is 16.7 Å². The van der Waals surface area contributed by atoms with Crippen molar-refractivity contribution in [2.45, 2.75) is 31.8 Å². The van der Waals surface area contributed by atoms with Crippen LogP contribution in [0.5, 0.6) is 0 Å². The standard InChI is InChI=1S/C25H27FN4O3.2ClH/c26-22-9-7-19(8-10-22)21(16-30-13-12-28-17-30)15-18-4-3-5-20(14-18)24(31)29-23(25(32)33)6-1-2-11-27;;/h3-5,7-10,12-15,17,23H,1-2,6,11,16,27H2,(H,29,31)(H,32,33);2*1H/b21-15-;;/t23-;;/m0../s1. The van der Waals surface area contributed by atoms with Gasteiger partial charge in [-0.05, 0) is 72.8 Å². The molecular formula is C25H29Cl2FN4O3. The number of carboxylic acids is 1. The number of nitrogens with two attached hydrogens (primary N) is 1. The highest BCUT2D eigenvalue weighted by Gasteiger charge is 2.20. The van der Waals surface area contributed by atoms with E-state index < -0.39 is 17.9 Å². The Morgan fingerprint density at radius 1 is 1.11 bits per heavy atom. The molecule has 0 saturated heterocycles. The van der Waals surface area contributed by atoms with Gasteiger partial charge in [0.1, 0.15) is 11.9 Å². The Balaban J connectivity index is 0.00000306. The summed E-state index contributed by atoms with van der Waals surface area (Å²) in [5.41, 5.74) is 8.32. The van der Waals surface area contributed by atoms with Crippen LogP contribution >= 0.6 is 24.8 Å². The van der Waals surface area contributed by atoms with E-state index in [1.54, 1.807) is 42.9 Å². The molecule has 35 heavy (non-hydrogen) atoms. The van der Waals surface area contributed by atoms with Crippen LogP contribution in [-0.4, -0.2) is 39.1 Å². The Bertz CT molecular complexity index is 1110. The summed E-state index contributed by atoms with van der Waals surface area (Å²) in [6.07, 6.45) is 8.75. The quantitative estimate of drug-likeness (QED) is 0.255. The number of halogens is 3. The molecule has 3 rings (SSSR count). The van der Waals surface area contributed by atoms with E-state index in [0.29, 0.717) is 37.9 Å². The molecule has 7 nitrogen and oxygen atoms in total. The summed E-state index contributed by atoms with van der Waals surface area (Å²) < 4.78 is 15.3. The lowest BCUT2D eigenvalue weighted by atomic mass is 10.0. The smallest absolute Gasteiger partial charge is 0.326 e. The number of amides is 1. The molecule has 4 N–H and O–H groups in total. The molecule has 0 aliphatic rings. The van der Waals surface area contributed by atoms with Crippen molar-refractivity contribution in [1.82, 2.24) is 14.9 Å². The van der Waals surface area contributed by atoms with Crippen molar-refractivity contribution >= 4 is 48.3 Å². The van der Waals surface area contributed by atoms with Crippen LogP contribution in [0.3, 0.4) is 0 Å². The van der Waals surface area contributed by atoms with E-state index in [2.05, 4.69) is 10.3 Å². The van der Waals surface area contributed by atoms with Crippen LogP contribution in [0.25, 0.3) is 11.6 Å². The SMILES string of the molecule is Cl.Cl.NCCCC[C@H](NC(=O)c1cccc(/C=C(/Cn2ccnc2)c2ccc(F)cc2)c1)C(=O)O. The number of benzene rings is 2. The van der Waals surface area contributed by atoms with Crippen molar-refractivity contribution in [2.75, 3.05) is 6.54 Å². The second-order valence-electron chi connectivity index (χ2n) is 7.69. The van der Waals surface area contributed by atoms with E-state index in [1.165, 1.54) is 12.1 Å². The predicted octanol–water partition coefficient (Wildman–Crippen LogP) is 4.42. The third-order valence-electron chi connectivity index (χ3n) is 5.17. The van der Waals surface area contributed by atoms with Crippen molar-refractivity contribution < 1.29 is 19.1 Å². The van der Waals surface area contributed by atoms with Gasteiger partial charge in [0.25, 0.3) is 5.91 Å². The number of imidazole rings is 1. The van der Waals surface area contributed by atoms with E-state index in [1.807, 2.05) is 22.9 Å². The Morgan fingerprint density at radius 3 is 2.49 bits per heavy atom. The summed E-state index contributed by atoms with van der Waals surface area (Å²) in [5.74, 6) is -1.85. The summed E-state index contributed by atoms with van der Waals surface area (Å²) in [4.78, 5) is 28.3. The monoisotopic (exact) mass is 522 g/mol. The van der Waals surface area contributed by atoms with Gasteiger partial charge in [-0.15, -0.1) is 24.8 Å². The number of carbonyl (C=O) groups excluding carboxylic acids is 1. The summed E-state index contributed by atoms with van der Waals surface area (Å²) in [6.45, 7) is 0.981. The number of allylic oxidation sites excluding steroid dienone is 1. The van der Waals surface area contributed by atoms with Crippen LogP contribution in [-0.2, 0) is 11.3 Å². The summed E-state index contributed by atoms with van der Waals surface area (Å²) in [5, 5.41) is 12.0. The molecule has 0 aliphatic carbocycles. The zero-order chi connectivity index (χ0) is 23.6. The maximum Gasteiger partial charge on any atom is 0.326 e. The normalized spacial score (nSPS) is 11.7. The summed E-state index contributed by atoms with van der Waals surface area (Å²) in [7, 11) is 0. The first-order chi connectivity index (χ1) is 16.0. The topological polar surface area (TPSA) is 110 Å². The zero-order valence-electron chi connectivity index (χ0n) is 19.0. The van der Waals surface area contributed by atoms with Crippen molar-refractivity contribution in [3.8, 4) is 0 Å². The van der Waals surface area contributed by atoms with Crippen molar-refractivity contribution in [3.05, 3.63) is 89.8 Å². The Morgan fingerprint density at radius 2 is 1.86 bits per heavy atom. The highest BCUT2D eigenvalue weighted by Crippen LogP contribution is 2.21. The van der Waals surface area contributed by atoms with E-state index >= 15 is 0 Å². The fraction of sp³-hybridized carbons (Fsp3) is 0.240. The van der Waals surface area contributed by atoms with Crippen LogP contribution < -0.4 is 11.1 Å². The minimum Gasteiger partial charge on any atom is -0.480 e. The molecule has 0 aliphatic heterocycles. The molecule has 0 bridgehead atoms. The molecule has 0 saturated carbocycles. The third kappa shape index (κ3) is 9.16. The molecule has 1 heterocycles. The van der Waals surface area contributed by atoms with Crippen LogP contribution in [0.4, 0.5) is 4.39 Å².